The summed E-state index contributed by atoms with van der Waals surface area (Å²) in [7, 11) is 1.36. The molecule has 0 unspecified atom stereocenters. The van der Waals surface area contributed by atoms with Gasteiger partial charge in [-0.2, -0.15) is 0 Å². The van der Waals surface area contributed by atoms with E-state index in [4.69, 9.17) is 9.47 Å². The molecule has 0 aliphatic carbocycles. The second-order valence-electron chi connectivity index (χ2n) is 8.27. The highest BCUT2D eigenvalue weighted by Gasteiger charge is 2.31. The average Bonchev–Trinajstić information content (AvgIpc) is 3.50. The van der Waals surface area contributed by atoms with E-state index < -0.39 is 5.97 Å². The van der Waals surface area contributed by atoms with Gasteiger partial charge in [0, 0.05) is 30.3 Å². The first kappa shape index (κ1) is 21.4. The lowest BCUT2D eigenvalue weighted by molar-refractivity contribution is 0.0596. The number of benzene rings is 2. The van der Waals surface area contributed by atoms with E-state index in [0.717, 1.165) is 39.0 Å². The summed E-state index contributed by atoms with van der Waals surface area (Å²) in [5, 5.41) is 0. The van der Waals surface area contributed by atoms with Crippen LogP contribution in [0.25, 0.3) is 0 Å². The number of carbonyl (C=O) groups is 2. The van der Waals surface area contributed by atoms with Crippen molar-refractivity contribution in [3.05, 3.63) is 65.2 Å². The molecule has 2 aliphatic heterocycles. The molecule has 4 rings (SSSR count). The van der Waals surface area contributed by atoms with Gasteiger partial charge >= 0.3 is 5.97 Å². The van der Waals surface area contributed by atoms with E-state index in [-0.39, 0.29) is 18.6 Å². The largest absolute Gasteiger partial charge is 0.489 e. The highest BCUT2D eigenvalue weighted by Crippen LogP contribution is 2.24. The monoisotopic (exact) mass is 422 g/mol. The number of carbonyl (C=O) groups excluding carboxylic acids is 2. The molecule has 31 heavy (non-hydrogen) atoms. The Morgan fingerprint density at radius 2 is 1.77 bits per heavy atom. The number of rotatable bonds is 7. The van der Waals surface area contributed by atoms with Crippen LogP contribution in [0.1, 0.15) is 52.0 Å². The third-order valence-electron chi connectivity index (χ3n) is 6.20. The third kappa shape index (κ3) is 5.07. The van der Waals surface area contributed by atoms with Crippen LogP contribution in [0.15, 0.2) is 48.5 Å². The molecule has 0 bridgehead atoms. The minimum absolute atomic E-state index is 0.0269. The molecule has 6 heteroatoms. The highest BCUT2D eigenvalue weighted by molar-refractivity contribution is 5.97. The van der Waals surface area contributed by atoms with Crippen LogP contribution in [0, 0.1) is 0 Å². The number of hydrogen-bond donors (Lipinski definition) is 0. The maximum Gasteiger partial charge on any atom is 0.338 e. The number of para-hydroxylation sites is 1. The fourth-order valence-electron chi connectivity index (χ4n) is 4.56. The number of likely N-dealkylation sites (tertiary alicyclic amines) is 2. The predicted octanol–water partition coefficient (Wildman–Crippen LogP) is 3.75. The smallest absolute Gasteiger partial charge is 0.338 e. The molecule has 2 aliphatic rings. The highest BCUT2D eigenvalue weighted by atomic mass is 16.5. The number of methoxy groups -OCH3 is 1. The maximum absolute atomic E-state index is 13.4. The zero-order valence-corrected chi connectivity index (χ0v) is 18.1. The minimum atomic E-state index is -0.432. The summed E-state index contributed by atoms with van der Waals surface area (Å²) >= 11 is 0. The Balaban J connectivity index is 1.52. The van der Waals surface area contributed by atoms with E-state index in [2.05, 4.69) is 4.90 Å². The Labute approximate surface area is 183 Å². The van der Waals surface area contributed by atoms with Crippen molar-refractivity contribution in [1.82, 2.24) is 9.80 Å². The molecular formula is C25H30N2O4. The van der Waals surface area contributed by atoms with Crippen LogP contribution in [-0.4, -0.2) is 61.0 Å². The van der Waals surface area contributed by atoms with Crippen LogP contribution >= 0.6 is 0 Å². The van der Waals surface area contributed by atoms with Crippen LogP contribution in [0.5, 0.6) is 5.75 Å². The summed E-state index contributed by atoms with van der Waals surface area (Å²) in [4.78, 5) is 30.1. The van der Waals surface area contributed by atoms with E-state index >= 15 is 0 Å². The van der Waals surface area contributed by atoms with Crippen LogP contribution < -0.4 is 4.74 Å². The number of hydrogen-bond acceptors (Lipinski definition) is 5. The average molecular weight is 423 g/mol. The van der Waals surface area contributed by atoms with Gasteiger partial charge < -0.3 is 19.3 Å². The van der Waals surface area contributed by atoms with Gasteiger partial charge in [0.25, 0.3) is 5.91 Å². The molecule has 0 radical (unpaired) electrons. The first-order valence-corrected chi connectivity index (χ1v) is 11.1. The Morgan fingerprint density at radius 3 is 2.52 bits per heavy atom. The Kier molecular flexibility index (Phi) is 6.87. The number of ether oxygens (including phenoxy) is 2. The van der Waals surface area contributed by atoms with Crippen molar-refractivity contribution in [1.29, 1.82) is 0 Å². The summed E-state index contributed by atoms with van der Waals surface area (Å²) in [5.74, 6) is 0.304. The van der Waals surface area contributed by atoms with Gasteiger partial charge in [0.2, 0.25) is 0 Å². The van der Waals surface area contributed by atoms with E-state index in [9.17, 15) is 9.59 Å². The predicted molar refractivity (Wildman–Crippen MR) is 118 cm³/mol. The van der Waals surface area contributed by atoms with Gasteiger partial charge in [0.05, 0.1) is 12.7 Å². The normalized spacial score (nSPS) is 18.9. The quantitative estimate of drug-likeness (QED) is 0.636. The van der Waals surface area contributed by atoms with Crippen molar-refractivity contribution in [3.63, 3.8) is 0 Å². The van der Waals surface area contributed by atoms with E-state index in [1.165, 1.54) is 20.0 Å². The number of nitrogens with zero attached hydrogens (tertiary/aromatic N) is 2. The zero-order chi connectivity index (χ0) is 21.6. The second-order valence-corrected chi connectivity index (χ2v) is 8.27. The van der Waals surface area contributed by atoms with Crippen molar-refractivity contribution in [2.75, 3.05) is 33.3 Å². The molecule has 2 aromatic carbocycles. The maximum atomic E-state index is 13.4. The molecule has 1 amide bonds. The fraction of sp³-hybridized carbons (Fsp3) is 0.440. The lowest BCUT2D eigenvalue weighted by Crippen LogP contribution is -2.42. The molecular weight excluding hydrogens is 392 g/mol. The van der Waals surface area contributed by atoms with Gasteiger partial charge in [-0.05, 0) is 69.1 Å². The summed E-state index contributed by atoms with van der Waals surface area (Å²) in [5.41, 5.74) is 1.66. The summed E-state index contributed by atoms with van der Waals surface area (Å²) in [6, 6.07) is 14.9. The van der Waals surface area contributed by atoms with Crippen molar-refractivity contribution < 1.29 is 19.1 Å². The zero-order valence-electron chi connectivity index (χ0n) is 18.1. The lowest BCUT2D eigenvalue weighted by Gasteiger charge is -2.28. The van der Waals surface area contributed by atoms with Crippen molar-refractivity contribution in [2.24, 2.45) is 0 Å². The van der Waals surface area contributed by atoms with Gasteiger partial charge in [0.1, 0.15) is 12.4 Å². The minimum Gasteiger partial charge on any atom is -0.489 e. The Morgan fingerprint density at radius 1 is 1.00 bits per heavy atom. The van der Waals surface area contributed by atoms with Crippen LogP contribution in [0.4, 0.5) is 0 Å². The van der Waals surface area contributed by atoms with Crippen molar-refractivity contribution >= 4 is 11.9 Å². The third-order valence-corrected chi connectivity index (χ3v) is 6.20. The molecule has 2 fully saturated rings. The van der Waals surface area contributed by atoms with E-state index in [0.29, 0.717) is 22.4 Å². The molecule has 164 valence electrons. The molecule has 2 saturated heterocycles. The molecule has 0 aromatic heterocycles. The first-order chi connectivity index (χ1) is 15.2. The second kappa shape index (κ2) is 9.96. The van der Waals surface area contributed by atoms with Crippen molar-refractivity contribution in [2.45, 2.75) is 38.3 Å². The van der Waals surface area contributed by atoms with E-state index in [1.807, 2.05) is 35.2 Å². The summed E-state index contributed by atoms with van der Waals surface area (Å²) < 4.78 is 10.8. The van der Waals surface area contributed by atoms with Gasteiger partial charge in [-0.3, -0.25) is 4.79 Å². The summed E-state index contributed by atoms with van der Waals surface area (Å²) in [6.07, 6.45) is 4.59. The topological polar surface area (TPSA) is 59.1 Å². The standard InChI is InChI=1S/C25H30N2O4/c1-30-25(29)23-12-11-19(16-20(23)18-31-22-9-3-2-4-10-22)24(28)27-15-7-8-21(27)17-26-13-5-6-14-26/h2-4,9-12,16,21H,5-8,13-15,17-18H2,1H3/t21-/m0/s1. The molecule has 0 N–H and O–H groups in total. The van der Waals surface area contributed by atoms with E-state index in [1.54, 1.807) is 18.2 Å². The van der Waals surface area contributed by atoms with Gasteiger partial charge in [-0.1, -0.05) is 18.2 Å². The molecule has 2 aromatic rings. The van der Waals surface area contributed by atoms with Gasteiger partial charge in [0.15, 0.2) is 0 Å². The fourth-order valence-corrected chi connectivity index (χ4v) is 4.56. The first-order valence-electron chi connectivity index (χ1n) is 11.1. The van der Waals surface area contributed by atoms with Crippen LogP contribution in [0.2, 0.25) is 0 Å². The Hall–Kier alpha value is -2.86. The Bertz CT molecular complexity index is 909. The van der Waals surface area contributed by atoms with Gasteiger partial charge in [-0.25, -0.2) is 4.79 Å². The molecule has 0 saturated carbocycles. The molecule has 0 spiro atoms. The van der Waals surface area contributed by atoms with Gasteiger partial charge in [-0.15, -0.1) is 0 Å². The lowest BCUT2D eigenvalue weighted by atomic mass is 10.0. The molecule has 6 nitrogen and oxygen atoms in total. The SMILES string of the molecule is COC(=O)c1ccc(C(=O)N2CCC[C@H]2CN2CCCC2)cc1COc1ccccc1. The number of amides is 1. The molecule has 2 heterocycles. The summed E-state index contributed by atoms with van der Waals surface area (Å²) in [6.45, 7) is 4.19. The van der Waals surface area contributed by atoms with Crippen molar-refractivity contribution in [3.8, 4) is 5.75 Å². The molecule has 1 atom stereocenters. The van der Waals surface area contributed by atoms with Crippen LogP contribution in [-0.2, 0) is 11.3 Å². The van der Waals surface area contributed by atoms with Crippen LogP contribution in [0.3, 0.4) is 0 Å². The number of esters is 1.